The highest BCUT2D eigenvalue weighted by Gasteiger charge is 2.33. The first kappa shape index (κ1) is 12.0. The van der Waals surface area contributed by atoms with E-state index in [0.29, 0.717) is 0 Å². The van der Waals surface area contributed by atoms with E-state index in [1.807, 2.05) is 0 Å². The second-order valence-electron chi connectivity index (χ2n) is 5.24. The highest BCUT2D eigenvalue weighted by Crippen LogP contribution is 2.35. The number of hydrogen-bond acceptors (Lipinski definition) is 1. The molecule has 84 valence electrons. The van der Waals surface area contributed by atoms with Gasteiger partial charge in [-0.15, -0.1) is 0 Å². The van der Waals surface area contributed by atoms with E-state index in [0.717, 1.165) is 23.8 Å². The first-order chi connectivity index (χ1) is 6.60. The Morgan fingerprint density at radius 2 is 1.36 bits per heavy atom. The van der Waals surface area contributed by atoms with Gasteiger partial charge >= 0.3 is 0 Å². The molecule has 1 aliphatic rings. The monoisotopic (exact) mass is 197 g/mol. The van der Waals surface area contributed by atoms with Crippen molar-refractivity contribution < 1.29 is 0 Å². The van der Waals surface area contributed by atoms with Crippen molar-refractivity contribution in [2.45, 2.75) is 53.5 Å². The fraction of sp³-hybridized carbons (Fsp3) is 1.00. The van der Waals surface area contributed by atoms with Gasteiger partial charge in [0.2, 0.25) is 0 Å². The molecule has 1 saturated carbocycles. The SMILES string of the molecule is CCN(CC)C1C(C)CC(C)CC1C. The van der Waals surface area contributed by atoms with Crippen LogP contribution in [0.1, 0.15) is 47.5 Å². The fourth-order valence-corrected chi connectivity index (χ4v) is 3.57. The molecular weight excluding hydrogens is 170 g/mol. The van der Waals surface area contributed by atoms with Crippen LogP contribution in [0.15, 0.2) is 0 Å². The van der Waals surface area contributed by atoms with Gasteiger partial charge in [-0.1, -0.05) is 34.6 Å². The molecule has 1 nitrogen and oxygen atoms in total. The molecule has 0 amide bonds. The lowest BCUT2D eigenvalue weighted by Crippen LogP contribution is -2.47. The summed E-state index contributed by atoms with van der Waals surface area (Å²) in [4.78, 5) is 2.65. The lowest BCUT2D eigenvalue weighted by Gasteiger charge is -2.44. The third kappa shape index (κ3) is 2.50. The summed E-state index contributed by atoms with van der Waals surface area (Å²) in [6, 6.07) is 0.834. The molecule has 14 heavy (non-hydrogen) atoms. The molecule has 2 unspecified atom stereocenters. The summed E-state index contributed by atoms with van der Waals surface area (Å²) in [5.41, 5.74) is 0. The van der Waals surface area contributed by atoms with E-state index >= 15 is 0 Å². The van der Waals surface area contributed by atoms with Crippen LogP contribution >= 0.6 is 0 Å². The van der Waals surface area contributed by atoms with Crippen molar-refractivity contribution >= 4 is 0 Å². The highest BCUT2D eigenvalue weighted by atomic mass is 15.2. The van der Waals surface area contributed by atoms with Gasteiger partial charge in [0.1, 0.15) is 0 Å². The van der Waals surface area contributed by atoms with Crippen molar-refractivity contribution in [2.75, 3.05) is 13.1 Å². The van der Waals surface area contributed by atoms with Gasteiger partial charge in [0.15, 0.2) is 0 Å². The van der Waals surface area contributed by atoms with E-state index in [4.69, 9.17) is 0 Å². The largest absolute Gasteiger partial charge is 0.300 e. The van der Waals surface area contributed by atoms with Crippen LogP contribution in [0, 0.1) is 17.8 Å². The van der Waals surface area contributed by atoms with E-state index in [-0.39, 0.29) is 0 Å². The average molecular weight is 197 g/mol. The molecule has 0 bridgehead atoms. The van der Waals surface area contributed by atoms with Crippen molar-refractivity contribution in [1.82, 2.24) is 4.90 Å². The third-order valence-electron chi connectivity index (χ3n) is 3.95. The van der Waals surface area contributed by atoms with Crippen LogP contribution in [0.3, 0.4) is 0 Å². The lowest BCUT2D eigenvalue weighted by atomic mass is 9.73. The molecule has 0 aromatic rings. The van der Waals surface area contributed by atoms with E-state index in [1.165, 1.54) is 25.9 Å². The Morgan fingerprint density at radius 3 is 1.71 bits per heavy atom. The van der Waals surface area contributed by atoms with E-state index in [2.05, 4.69) is 39.5 Å². The highest BCUT2D eigenvalue weighted by molar-refractivity contribution is 4.87. The second-order valence-corrected chi connectivity index (χ2v) is 5.24. The molecule has 0 spiro atoms. The Bertz CT molecular complexity index is 151. The molecule has 1 rings (SSSR count). The van der Waals surface area contributed by atoms with Crippen LogP contribution in [0.25, 0.3) is 0 Å². The van der Waals surface area contributed by atoms with Crippen molar-refractivity contribution in [3.8, 4) is 0 Å². The van der Waals surface area contributed by atoms with Crippen LogP contribution in [0.5, 0.6) is 0 Å². The molecule has 0 aromatic heterocycles. The number of rotatable bonds is 3. The van der Waals surface area contributed by atoms with Crippen molar-refractivity contribution in [3.05, 3.63) is 0 Å². The van der Waals surface area contributed by atoms with Gasteiger partial charge in [-0.2, -0.15) is 0 Å². The van der Waals surface area contributed by atoms with E-state index in [9.17, 15) is 0 Å². The van der Waals surface area contributed by atoms with E-state index in [1.54, 1.807) is 0 Å². The zero-order valence-corrected chi connectivity index (χ0v) is 10.6. The maximum Gasteiger partial charge on any atom is 0.0146 e. The Labute approximate surface area is 89.9 Å². The molecular formula is C13H27N. The smallest absolute Gasteiger partial charge is 0.0146 e. The molecule has 1 aliphatic carbocycles. The Balaban J connectivity index is 2.65. The van der Waals surface area contributed by atoms with Crippen LogP contribution in [0.4, 0.5) is 0 Å². The Hall–Kier alpha value is -0.0400. The van der Waals surface area contributed by atoms with Gasteiger partial charge in [0.25, 0.3) is 0 Å². The van der Waals surface area contributed by atoms with Gasteiger partial charge in [-0.05, 0) is 43.7 Å². The normalized spacial score (nSPS) is 39.0. The molecule has 0 saturated heterocycles. The summed E-state index contributed by atoms with van der Waals surface area (Å²) in [5, 5.41) is 0. The minimum atomic E-state index is 0.834. The summed E-state index contributed by atoms with van der Waals surface area (Å²) in [5.74, 6) is 2.70. The van der Waals surface area contributed by atoms with Gasteiger partial charge in [-0.25, -0.2) is 0 Å². The van der Waals surface area contributed by atoms with Crippen LogP contribution in [-0.2, 0) is 0 Å². The summed E-state index contributed by atoms with van der Waals surface area (Å²) in [6.07, 6.45) is 2.84. The first-order valence-electron chi connectivity index (χ1n) is 6.34. The zero-order chi connectivity index (χ0) is 10.7. The second kappa shape index (κ2) is 5.16. The summed E-state index contributed by atoms with van der Waals surface area (Å²) < 4.78 is 0. The van der Waals surface area contributed by atoms with Crippen molar-refractivity contribution in [2.24, 2.45) is 17.8 Å². The summed E-state index contributed by atoms with van der Waals surface area (Å²) >= 11 is 0. The fourth-order valence-electron chi connectivity index (χ4n) is 3.57. The van der Waals surface area contributed by atoms with Gasteiger partial charge in [0.05, 0.1) is 0 Å². The molecule has 0 radical (unpaired) electrons. The van der Waals surface area contributed by atoms with Crippen LogP contribution in [0.2, 0.25) is 0 Å². The van der Waals surface area contributed by atoms with Gasteiger partial charge in [0, 0.05) is 6.04 Å². The maximum absolute atomic E-state index is 2.65. The lowest BCUT2D eigenvalue weighted by molar-refractivity contribution is 0.0572. The minimum Gasteiger partial charge on any atom is -0.300 e. The standard InChI is InChI=1S/C13H27N/c1-6-14(7-2)13-11(4)8-10(3)9-12(13)5/h10-13H,6-9H2,1-5H3. The van der Waals surface area contributed by atoms with Crippen molar-refractivity contribution in [3.63, 3.8) is 0 Å². The Kier molecular flexibility index (Phi) is 4.43. The molecule has 0 aromatic carbocycles. The average Bonchev–Trinajstić information content (AvgIpc) is 2.10. The van der Waals surface area contributed by atoms with Crippen molar-refractivity contribution in [1.29, 1.82) is 0 Å². The minimum absolute atomic E-state index is 0.834. The molecule has 2 atom stereocenters. The number of nitrogens with zero attached hydrogens (tertiary/aromatic N) is 1. The Morgan fingerprint density at radius 1 is 0.929 bits per heavy atom. The molecule has 1 fully saturated rings. The summed E-state index contributed by atoms with van der Waals surface area (Å²) in [6.45, 7) is 14.3. The predicted molar refractivity (Wildman–Crippen MR) is 63.4 cm³/mol. The third-order valence-corrected chi connectivity index (χ3v) is 3.95. The van der Waals surface area contributed by atoms with E-state index < -0.39 is 0 Å². The van der Waals surface area contributed by atoms with Gasteiger partial charge < -0.3 is 4.90 Å². The topological polar surface area (TPSA) is 3.24 Å². The maximum atomic E-state index is 2.65. The molecule has 0 aliphatic heterocycles. The van der Waals surface area contributed by atoms with Gasteiger partial charge in [-0.3, -0.25) is 0 Å². The number of hydrogen-bond donors (Lipinski definition) is 0. The molecule has 0 heterocycles. The quantitative estimate of drug-likeness (QED) is 0.670. The predicted octanol–water partition coefficient (Wildman–Crippen LogP) is 3.40. The zero-order valence-electron chi connectivity index (χ0n) is 10.6. The summed E-state index contributed by atoms with van der Waals surface area (Å²) in [7, 11) is 0. The van der Waals surface area contributed by atoms with Crippen LogP contribution in [-0.4, -0.2) is 24.0 Å². The first-order valence-corrected chi connectivity index (χ1v) is 6.34. The molecule has 1 heteroatoms. The molecule has 0 N–H and O–H groups in total. The van der Waals surface area contributed by atoms with Crippen LogP contribution < -0.4 is 0 Å².